The van der Waals surface area contributed by atoms with Crippen LogP contribution >= 0.6 is 0 Å². The van der Waals surface area contributed by atoms with Crippen molar-refractivity contribution in [3.8, 4) is 5.75 Å². The predicted octanol–water partition coefficient (Wildman–Crippen LogP) is 1.58. The number of benzene rings is 2. The van der Waals surface area contributed by atoms with Gasteiger partial charge in [-0.3, -0.25) is 13.3 Å². The second-order valence-corrected chi connectivity index (χ2v) is 5.82. The minimum absolute atomic E-state index is 0.165. The molecule has 24 heavy (non-hydrogen) atoms. The van der Waals surface area contributed by atoms with Crippen LogP contribution in [-0.2, 0) is 22.5 Å². The quantitative estimate of drug-likeness (QED) is 0.733. The summed E-state index contributed by atoms with van der Waals surface area (Å²) in [5, 5.41) is 8.83. The SMILES string of the molecule is COc1ccc(N(c2ccc(C[C@H](N)C(=O)O)cc2)S(=O)[O-])cc1. The van der Waals surface area contributed by atoms with Crippen LogP contribution in [0.15, 0.2) is 48.5 Å². The maximum Gasteiger partial charge on any atom is 0.320 e. The lowest BCUT2D eigenvalue weighted by atomic mass is 10.1. The van der Waals surface area contributed by atoms with Crippen molar-refractivity contribution in [2.75, 3.05) is 11.4 Å². The van der Waals surface area contributed by atoms with E-state index in [1.807, 2.05) is 0 Å². The summed E-state index contributed by atoms with van der Waals surface area (Å²) >= 11 is -2.51. The number of hydrogen-bond donors (Lipinski definition) is 2. The summed E-state index contributed by atoms with van der Waals surface area (Å²) in [6.07, 6.45) is 0.165. The summed E-state index contributed by atoms with van der Waals surface area (Å²) in [7, 11) is 1.53. The molecular weight excluding hydrogens is 332 g/mol. The number of rotatable bonds is 7. The second kappa shape index (κ2) is 7.91. The average molecular weight is 349 g/mol. The van der Waals surface area contributed by atoms with Crippen LogP contribution in [0, 0.1) is 0 Å². The van der Waals surface area contributed by atoms with Crippen LogP contribution in [0.1, 0.15) is 5.56 Å². The molecule has 0 amide bonds. The summed E-state index contributed by atoms with van der Waals surface area (Å²) < 4.78 is 29.4. The van der Waals surface area contributed by atoms with Gasteiger partial charge in [0, 0.05) is 0 Å². The Kier molecular flexibility index (Phi) is 5.91. The molecule has 0 fully saturated rings. The van der Waals surface area contributed by atoms with E-state index in [-0.39, 0.29) is 6.42 Å². The van der Waals surface area contributed by atoms with Gasteiger partial charge in [-0.15, -0.1) is 0 Å². The number of carboxylic acids is 1. The molecule has 128 valence electrons. The van der Waals surface area contributed by atoms with Crippen molar-refractivity contribution >= 4 is 28.6 Å². The highest BCUT2D eigenvalue weighted by atomic mass is 32.2. The van der Waals surface area contributed by atoms with Crippen molar-refractivity contribution in [2.24, 2.45) is 5.73 Å². The lowest BCUT2D eigenvalue weighted by Gasteiger charge is -2.26. The van der Waals surface area contributed by atoms with Crippen LogP contribution in [-0.4, -0.2) is 33.0 Å². The van der Waals surface area contributed by atoms with Gasteiger partial charge in [-0.25, -0.2) is 0 Å². The van der Waals surface area contributed by atoms with Crippen molar-refractivity contribution in [1.82, 2.24) is 0 Å². The first-order chi connectivity index (χ1) is 11.4. The molecule has 3 N–H and O–H groups in total. The monoisotopic (exact) mass is 349 g/mol. The van der Waals surface area contributed by atoms with E-state index in [9.17, 15) is 13.6 Å². The van der Waals surface area contributed by atoms with Crippen LogP contribution < -0.4 is 14.8 Å². The van der Waals surface area contributed by atoms with Gasteiger partial charge in [0.05, 0.1) is 29.8 Å². The van der Waals surface area contributed by atoms with Crippen LogP contribution in [0.5, 0.6) is 5.75 Å². The van der Waals surface area contributed by atoms with Gasteiger partial charge in [0.15, 0.2) is 0 Å². The molecule has 0 aliphatic carbocycles. The van der Waals surface area contributed by atoms with Crippen molar-refractivity contribution in [2.45, 2.75) is 12.5 Å². The topological polar surface area (TPSA) is 116 Å². The Morgan fingerprint density at radius 1 is 1.21 bits per heavy atom. The summed E-state index contributed by atoms with van der Waals surface area (Å²) in [6, 6.07) is 12.1. The first-order valence-electron chi connectivity index (χ1n) is 7.03. The Labute approximate surface area is 142 Å². The number of carbonyl (C=O) groups is 1. The van der Waals surface area contributed by atoms with Crippen molar-refractivity contribution < 1.29 is 23.4 Å². The first-order valence-corrected chi connectivity index (χ1v) is 8.06. The molecule has 1 unspecified atom stereocenters. The standard InChI is InChI=1S/C16H18N2O5S/c1-23-14-8-6-13(7-9-14)18(24(21)22)12-4-2-11(3-5-12)10-15(17)16(19)20/h2-9,15H,10,17H2,1H3,(H,19,20)(H,21,22)/p-1/t15-/m0/s1. The van der Waals surface area contributed by atoms with Crippen LogP contribution in [0.4, 0.5) is 11.4 Å². The van der Waals surface area contributed by atoms with E-state index < -0.39 is 23.3 Å². The second-order valence-electron chi connectivity index (χ2n) is 5.02. The highest BCUT2D eigenvalue weighted by molar-refractivity contribution is 7.81. The zero-order valence-corrected chi connectivity index (χ0v) is 13.7. The highest BCUT2D eigenvalue weighted by Gasteiger charge is 2.14. The third-order valence-corrected chi connectivity index (χ3v) is 4.12. The number of hydrogen-bond acceptors (Lipinski definition) is 5. The van der Waals surface area contributed by atoms with Crippen molar-refractivity contribution in [3.05, 3.63) is 54.1 Å². The third kappa shape index (κ3) is 4.31. The number of methoxy groups -OCH3 is 1. The van der Waals surface area contributed by atoms with E-state index in [2.05, 4.69) is 0 Å². The normalized spacial score (nSPS) is 13.1. The van der Waals surface area contributed by atoms with E-state index >= 15 is 0 Å². The Morgan fingerprint density at radius 2 is 1.71 bits per heavy atom. The smallest absolute Gasteiger partial charge is 0.320 e. The summed E-state index contributed by atoms with van der Waals surface area (Å²) in [6.45, 7) is 0. The van der Waals surface area contributed by atoms with Crippen LogP contribution in [0.3, 0.4) is 0 Å². The minimum Gasteiger partial charge on any atom is -0.755 e. The predicted molar refractivity (Wildman–Crippen MR) is 89.8 cm³/mol. The molecule has 0 spiro atoms. The maximum atomic E-state index is 11.6. The van der Waals surface area contributed by atoms with Gasteiger partial charge in [0.2, 0.25) is 0 Å². The number of aliphatic carboxylic acids is 1. The number of nitrogens with zero attached hydrogens (tertiary/aromatic N) is 1. The molecule has 2 aromatic carbocycles. The largest absolute Gasteiger partial charge is 0.755 e. The number of nitrogens with two attached hydrogens (primary N) is 1. The molecule has 0 saturated carbocycles. The number of carboxylic acid groups (broad SMARTS) is 1. The van der Waals surface area contributed by atoms with Gasteiger partial charge >= 0.3 is 5.97 Å². The molecule has 0 bridgehead atoms. The molecule has 7 nitrogen and oxygen atoms in total. The molecule has 8 heteroatoms. The lowest BCUT2D eigenvalue weighted by Crippen LogP contribution is -2.32. The Bertz CT molecular complexity index is 718. The van der Waals surface area contributed by atoms with Gasteiger partial charge in [-0.2, -0.15) is 0 Å². The zero-order chi connectivity index (χ0) is 17.7. The molecule has 0 heterocycles. The molecule has 2 rings (SSSR count). The number of ether oxygens (including phenoxy) is 1. The fraction of sp³-hybridized carbons (Fsp3) is 0.188. The molecule has 0 aromatic heterocycles. The van der Waals surface area contributed by atoms with E-state index in [0.29, 0.717) is 22.7 Å². The van der Waals surface area contributed by atoms with Gasteiger partial charge in [0.1, 0.15) is 11.8 Å². The molecule has 0 saturated heterocycles. The van der Waals surface area contributed by atoms with Crippen LogP contribution in [0.2, 0.25) is 0 Å². The van der Waals surface area contributed by atoms with E-state index in [4.69, 9.17) is 15.6 Å². The molecule has 0 aliphatic heterocycles. The highest BCUT2D eigenvalue weighted by Crippen LogP contribution is 2.28. The molecule has 2 atom stereocenters. The van der Waals surface area contributed by atoms with E-state index in [1.54, 1.807) is 48.5 Å². The van der Waals surface area contributed by atoms with Gasteiger partial charge in [-0.1, -0.05) is 12.1 Å². The first kappa shape index (κ1) is 17.9. The maximum absolute atomic E-state index is 11.6. The summed E-state index contributed by atoms with van der Waals surface area (Å²) in [5.74, 6) is -0.465. The van der Waals surface area contributed by atoms with E-state index in [1.165, 1.54) is 7.11 Å². The molecule has 0 radical (unpaired) electrons. The van der Waals surface area contributed by atoms with Crippen molar-refractivity contribution in [3.63, 3.8) is 0 Å². The van der Waals surface area contributed by atoms with Crippen LogP contribution in [0.25, 0.3) is 0 Å². The lowest BCUT2D eigenvalue weighted by molar-refractivity contribution is -0.138. The molecular formula is C16H17N2O5S-. The third-order valence-electron chi connectivity index (χ3n) is 3.40. The summed E-state index contributed by atoms with van der Waals surface area (Å²) in [5.41, 5.74) is 7.09. The van der Waals surface area contributed by atoms with Gasteiger partial charge in [-0.05, 0) is 48.4 Å². The van der Waals surface area contributed by atoms with E-state index in [0.717, 1.165) is 4.31 Å². The molecule has 2 aromatic rings. The van der Waals surface area contributed by atoms with Crippen molar-refractivity contribution in [1.29, 1.82) is 0 Å². The fourth-order valence-electron chi connectivity index (χ4n) is 2.15. The molecule has 0 aliphatic rings. The summed E-state index contributed by atoms with van der Waals surface area (Å²) in [4.78, 5) is 10.8. The minimum atomic E-state index is -2.51. The average Bonchev–Trinajstić information content (AvgIpc) is 2.57. The Balaban J connectivity index is 2.24. The van der Waals surface area contributed by atoms with Gasteiger partial charge < -0.3 is 20.1 Å². The number of anilines is 2. The Hall–Kier alpha value is -2.42. The van der Waals surface area contributed by atoms with Gasteiger partial charge in [0.25, 0.3) is 0 Å². The zero-order valence-electron chi connectivity index (χ0n) is 12.9. The fourth-order valence-corrected chi connectivity index (χ4v) is 2.74. The Morgan fingerprint density at radius 3 is 2.12 bits per heavy atom.